The summed E-state index contributed by atoms with van der Waals surface area (Å²) in [5.41, 5.74) is 2.62. The number of hydrogen-bond acceptors (Lipinski definition) is 5. The van der Waals surface area contributed by atoms with Gasteiger partial charge in [0.2, 0.25) is 0 Å². The van der Waals surface area contributed by atoms with Crippen molar-refractivity contribution in [3.8, 4) is 17.1 Å². The quantitative estimate of drug-likeness (QED) is 0.355. The lowest BCUT2D eigenvalue weighted by molar-refractivity contribution is -0.384. The van der Waals surface area contributed by atoms with Crippen LogP contribution in [-0.2, 0) is 6.54 Å². The van der Waals surface area contributed by atoms with Crippen LogP contribution in [0.4, 0.5) is 5.69 Å². The molecule has 0 bridgehead atoms. The molecule has 3 N–H and O–H groups in total. The number of rotatable bonds is 5. The fraction of sp³-hybridized carbons (Fsp3) is 0.0476. The van der Waals surface area contributed by atoms with Gasteiger partial charge in [0.25, 0.3) is 11.6 Å². The summed E-state index contributed by atoms with van der Waals surface area (Å²) in [6.07, 6.45) is 0. The molecule has 4 rings (SSSR count). The third-order valence-corrected chi connectivity index (χ3v) is 4.52. The number of amides is 1. The average Bonchev–Trinajstić information content (AvgIpc) is 3.19. The van der Waals surface area contributed by atoms with Gasteiger partial charge >= 0.3 is 0 Å². The van der Waals surface area contributed by atoms with Crippen molar-refractivity contribution in [2.45, 2.75) is 6.54 Å². The van der Waals surface area contributed by atoms with Crippen molar-refractivity contribution < 1.29 is 14.8 Å². The fourth-order valence-corrected chi connectivity index (χ4v) is 3.01. The predicted octanol–water partition coefficient (Wildman–Crippen LogP) is 3.77. The molecule has 144 valence electrons. The van der Waals surface area contributed by atoms with Crippen LogP contribution >= 0.6 is 0 Å². The highest BCUT2D eigenvalue weighted by Crippen LogP contribution is 2.29. The summed E-state index contributed by atoms with van der Waals surface area (Å²) in [7, 11) is 0. The smallest absolute Gasteiger partial charge is 0.269 e. The highest BCUT2D eigenvalue weighted by molar-refractivity contribution is 6.06. The summed E-state index contributed by atoms with van der Waals surface area (Å²) < 4.78 is 0. The monoisotopic (exact) mass is 388 g/mol. The lowest BCUT2D eigenvalue weighted by atomic mass is 10.1. The van der Waals surface area contributed by atoms with Crippen molar-refractivity contribution in [3.05, 3.63) is 88.0 Å². The summed E-state index contributed by atoms with van der Waals surface area (Å²) in [6.45, 7) is 0.204. The number of imidazole rings is 1. The molecule has 1 heterocycles. The van der Waals surface area contributed by atoms with Gasteiger partial charge in [0, 0.05) is 24.2 Å². The molecule has 29 heavy (non-hydrogen) atoms. The lowest BCUT2D eigenvalue weighted by Crippen LogP contribution is -2.23. The Hall–Kier alpha value is -4.20. The van der Waals surface area contributed by atoms with Gasteiger partial charge in [-0.2, -0.15) is 0 Å². The second kappa shape index (κ2) is 7.43. The van der Waals surface area contributed by atoms with Crippen molar-refractivity contribution in [1.29, 1.82) is 0 Å². The van der Waals surface area contributed by atoms with Gasteiger partial charge in [-0.3, -0.25) is 14.9 Å². The first-order valence-electron chi connectivity index (χ1n) is 8.81. The van der Waals surface area contributed by atoms with Crippen LogP contribution in [0.5, 0.6) is 5.75 Å². The van der Waals surface area contributed by atoms with Gasteiger partial charge in [0.15, 0.2) is 0 Å². The van der Waals surface area contributed by atoms with E-state index in [0.29, 0.717) is 22.4 Å². The van der Waals surface area contributed by atoms with Crippen molar-refractivity contribution in [1.82, 2.24) is 15.3 Å². The van der Waals surface area contributed by atoms with Crippen LogP contribution in [0.2, 0.25) is 0 Å². The maximum absolute atomic E-state index is 12.7. The molecule has 1 aromatic heterocycles. The van der Waals surface area contributed by atoms with E-state index in [0.717, 1.165) is 11.1 Å². The second-order valence-electron chi connectivity index (χ2n) is 6.41. The third kappa shape index (κ3) is 3.63. The van der Waals surface area contributed by atoms with Gasteiger partial charge in [0.05, 0.1) is 10.5 Å². The van der Waals surface area contributed by atoms with Crippen LogP contribution in [-0.4, -0.2) is 25.9 Å². The van der Waals surface area contributed by atoms with Gasteiger partial charge in [-0.05, 0) is 17.7 Å². The number of H-pyrrole nitrogens is 1. The number of aromatic nitrogens is 2. The van der Waals surface area contributed by atoms with E-state index in [1.54, 1.807) is 12.1 Å². The van der Waals surface area contributed by atoms with Gasteiger partial charge in [-0.25, -0.2) is 4.98 Å². The molecule has 0 aliphatic heterocycles. The Kier molecular flexibility index (Phi) is 4.66. The first-order valence-corrected chi connectivity index (χ1v) is 8.81. The molecule has 1 amide bonds. The van der Waals surface area contributed by atoms with Crippen LogP contribution in [0.15, 0.2) is 66.7 Å². The number of benzene rings is 3. The summed E-state index contributed by atoms with van der Waals surface area (Å²) in [4.78, 5) is 30.5. The number of carbonyl (C=O) groups excluding carboxylic acids is 1. The Labute approximate surface area is 165 Å². The Morgan fingerprint density at radius 2 is 1.79 bits per heavy atom. The SMILES string of the molecule is O=C(NCc1ccc([N+](=O)[O-])cc1)c1ccc(O)c2[nH]c(-c3ccccc3)nc12. The molecule has 0 radical (unpaired) electrons. The summed E-state index contributed by atoms with van der Waals surface area (Å²) in [5.74, 6) is 0.188. The summed E-state index contributed by atoms with van der Waals surface area (Å²) in [6, 6.07) is 18.3. The number of phenols is 1. The number of non-ortho nitro benzene ring substituents is 1. The van der Waals surface area contributed by atoms with Crippen molar-refractivity contribution in [2.24, 2.45) is 0 Å². The molecular formula is C21H16N4O4. The minimum atomic E-state index is -0.475. The summed E-state index contributed by atoms with van der Waals surface area (Å²) >= 11 is 0. The fourth-order valence-electron chi connectivity index (χ4n) is 3.01. The topological polar surface area (TPSA) is 121 Å². The number of nitrogens with zero attached hydrogens (tertiary/aromatic N) is 2. The normalized spacial score (nSPS) is 10.8. The summed E-state index contributed by atoms with van der Waals surface area (Å²) in [5, 5.41) is 23.7. The molecule has 8 nitrogen and oxygen atoms in total. The predicted molar refractivity (Wildman–Crippen MR) is 107 cm³/mol. The van der Waals surface area contributed by atoms with Gasteiger partial charge in [-0.1, -0.05) is 42.5 Å². The largest absolute Gasteiger partial charge is 0.506 e. The molecule has 0 atom stereocenters. The first kappa shape index (κ1) is 18.2. The van der Waals surface area contributed by atoms with Crippen molar-refractivity contribution >= 4 is 22.6 Å². The number of fused-ring (bicyclic) bond motifs is 1. The first-order chi connectivity index (χ1) is 14.0. The number of nitro benzene ring substituents is 1. The van der Waals surface area contributed by atoms with Crippen LogP contribution in [0.25, 0.3) is 22.4 Å². The van der Waals surface area contributed by atoms with Crippen LogP contribution in [0.1, 0.15) is 15.9 Å². The molecule has 0 saturated heterocycles. The molecule has 0 fully saturated rings. The molecular weight excluding hydrogens is 372 g/mol. The maximum Gasteiger partial charge on any atom is 0.269 e. The molecule has 0 saturated carbocycles. The molecule has 0 aliphatic rings. The molecule has 3 aromatic carbocycles. The Morgan fingerprint density at radius 3 is 2.48 bits per heavy atom. The molecule has 0 spiro atoms. The van der Waals surface area contributed by atoms with Gasteiger partial charge < -0.3 is 15.4 Å². The molecule has 0 unspecified atom stereocenters. The van der Waals surface area contributed by atoms with Crippen LogP contribution < -0.4 is 5.32 Å². The number of aromatic amines is 1. The number of nitrogens with one attached hydrogen (secondary N) is 2. The van der Waals surface area contributed by atoms with Crippen molar-refractivity contribution in [3.63, 3.8) is 0 Å². The lowest BCUT2D eigenvalue weighted by Gasteiger charge is -2.06. The Balaban J connectivity index is 1.59. The van der Waals surface area contributed by atoms with E-state index in [9.17, 15) is 20.0 Å². The van der Waals surface area contributed by atoms with E-state index >= 15 is 0 Å². The number of aromatic hydroxyl groups is 1. The number of nitro groups is 1. The zero-order valence-corrected chi connectivity index (χ0v) is 15.1. The van der Waals surface area contributed by atoms with Gasteiger partial charge in [0.1, 0.15) is 22.6 Å². The van der Waals surface area contributed by atoms with E-state index in [1.807, 2.05) is 30.3 Å². The number of phenolic OH excluding ortho intramolecular Hbond substituents is 1. The van der Waals surface area contributed by atoms with Crippen molar-refractivity contribution in [2.75, 3.05) is 0 Å². The van der Waals surface area contributed by atoms with E-state index in [1.165, 1.54) is 24.3 Å². The van der Waals surface area contributed by atoms with E-state index in [-0.39, 0.29) is 23.9 Å². The molecule has 0 aliphatic carbocycles. The average molecular weight is 388 g/mol. The minimum Gasteiger partial charge on any atom is -0.506 e. The van der Waals surface area contributed by atoms with Crippen LogP contribution in [0, 0.1) is 10.1 Å². The van der Waals surface area contributed by atoms with E-state index in [2.05, 4.69) is 15.3 Å². The standard InChI is InChI=1S/C21H16N4O4/c26-17-11-10-16(18-19(17)24-20(23-18)14-4-2-1-3-5-14)21(27)22-12-13-6-8-15(9-7-13)25(28)29/h1-11,26H,12H2,(H,22,27)(H,23,24). The number of carbonyl (C=O) groups is 1. The highest BCUT2D eigenvalue weighted by Gasteiger charge is 2.17. The zero-order chi connectivity index (χ0) is 20.4. The minimum absolute atomic E-state index is 0.00148. The zero-order valence-electron chi connectivity index (χ0n) is 15.1. The highest BCUT2D eigenvalue weighted by atomic mass is 16.6. The van der Waals surface area contributed by atoms with Gasteiger partial charge in [-0.15, -0.1) is 0 Å². The molecule has 4 aromatic rings. The van der Waals surface area contributed by atoms with E-state index < -0.39 is 4.92 Å². The maximum atomic E-state index is 12.7. The third-order valence-electron chi connectivity index (χ3n) is 4.52. The molecule has 8 heteroatoms. The Bertz CT molecular complexity index is 1200. The van der Waals surface area contributed by atoms with E-state index in [4.69, 9.17) is 0 Å². The second-order valence-corrected chi connectivity index (χ2v) is 6.41. The number of hydrogen-bond donors (Lipinski definition) is 3. The van der Waals surface area contributed by atoms with Crippen LogP contribution in [0.3, 0.4) is 0 Å². The Morgan fingerprint density at radius 1 is 1.07 bits per heavy atom.